The van der Waals surface area contributed by atoms with Gasteiger partial charge in [-0.25, -0.2) is 13.4 Å². The SMILES string of the molecule is CCCc1nc2ccc(S(=O)(=O)N(CC)CC)cc2[nH]1. The number of hydrogen-bond donors (Lipinski definition) is 1. The van der Waals surface area contributed by atoms with Crippen LogP contribution < -0.4 is 0 Å². The summed E-state index contributed by atoms with van der Waals surface area (Å²) in [6, 6.07) is 5.07. The minimum atomic E-state index is -3.41. The maximum absolute atomic E-state index is 12.5. The van der Waals surface area contributed by atoms with E-state index in [1.165, 1.54) is 4.31 Å². The van der Waals surface area contributed by atoms with Crippen molar-refractivity contribution >= 4 is 21.1 Å². The number of nitrogens with zero attached hydrogens (tertiary/aromatic N) is 2. The van der Waals surface area contributed by atoms with Crippen LogP contribution in [0, 0.1) is 0 Å². The van der Waals surface area contributed by atoms with Crippen LogP contribution in [0.1, 0.15) is 33.0 Å². The Hall–Kier alpha value is -1.40. The largest absolute Gasteiger partial charge is 0.342 e. The van der Waals surface area contributed by atoms with E-state index in [0.717, 1.165) is 29.7 Å². The third-order valence-electron chi connectivity index (χ3n) is 3.33. The van der Waals surface area contributed by atoms with Crippen molar-refractivity contribution in [1.82, 2.24) is 14.3 Å². The first-order valence-electron chi connectivity index (χ1n) is 7.01. The van der Waals surface area contributed by atoms with Gasteiger partial charge in [-0.1, -0.05) is 20.8 Å². The van der Waals surface area contributed by atoms with Crippen LogP contribution >= 0.6 is 0 Å². The van der Waals surface area contributed by atoms with Crippen molar-refractivity contribution in [2.45, 2.75) is 38.5 Å². The molecule has 0 bridgehead atoms. The zero-order valence-electron chi connectivity index (χ0n) is 12.2. The average molecular weight is 295 g/mol. The molecule has 0 spiro atoms. The average Bonchev–Trinajstić information content (AvgIpc) is 2.81. The first kappa shape index (κ1) is 15.0. The number of aromatic amines is 1. The van der Waals surface area contributed by atoms with Crippen molar-refractivity contribution in [1.29, 1.82) is 0 Å². The Morgan fingerprint density at radius 1 is 1.20 bits per heavy atom. The predicted molar refractivity (Wildman–Crippen MR) is 80.2 cm³/mol. The topological polar surface area (TPSA) is 66.1 Å². The van der Waals surface area contributed by atoms with E-state index in [0.29, 0.717) is 18.0 Å². The van der Waals surface area contributed by atoms with Crippen molar-refractivity contribution in [3.8, 4) is 0 Å². The van der Waals surface area contributed by atoms with Gasteiger partial charge >= 0.3 is 0 Å². The Kier molecular flexibility index (Phi) is 4.45. The van der Waals surface area contributed by atoms with Crippen LogP contribution in [0.15, 0.2) is 23.1 Å². The summed E-state index contributed by atoms with van der Waals surface area (Å²) >= 11 is 0. The van der Waals surface area contributed by atoms with E-state index in [2.05, 4.69) is 16.9 Å². The standard InChI is InChI=1S/C14H21N3O2S/c1-4-7-14-15-12-9-8-11(10-13(12)16-14)20(18,19)17(5-2)6-3/h8-10H,4-7H2,1-3H3,(H,15,16). The lowest BCUT2D eigenvalue weighted by Crippen LogP contribution is -2.30. The minimum Gasteiger partial charge on any atom is -0.342 e. The lowest BCUT2D eigenvalue weighted by Gasteiger charge is -2.18. The Morgan fingerprint density at radius 2 is 1.90 bits per heavy atom. The lowest BCUT2D eigenvalue weighted by atomic mass is 10.3. The quantitative estimate of drug-likeness (QED) is 0.890. The molecule has 0 aliphatic rings. The van der Waals surface area contributed by atoms with Crippen LogP contribution in [0.25, 0.3) is 11.0 Å². The molecule has 1 aromatic carbocycles. The highest BCUT2D eigenvalue weighted by Crippen LogP contribution is 2.21. The molecule has 1 heterocycles. The number of H-pyrrole nitrogens is 1. The Balaban J connectivity index is 2.45. The van der Waals surface area contributed by atoms with Crippen LogP contribution in [-0.2, 0) is 16.4 Å². The van der Waals surface area contributed by atoms with E-state index in [-0.39, 0.29) is 0 Å². The number of sulfonamides is 1. The van der Waals surface area contributed by atoms with Crippen molar-refractivity contribution in [2.75, 3.05) is 13.1 Å². The van der Waals surface area contributed by atoms with Crippen LogP contribution in [-0.4, -0.2) is 35.8 Å². The summed E-state index contributed by atoms with van der Waals surface area (Å²) in [7, 11) is -3.41. The highest BCUT2D eigenvalue weighted by atomic mass is 32.2. The smallest absolute Gasteiger partial charge is 0.243 e. The molecule has 0 aliphatic carbocycles. The maximum Gasteiger partial charge on any atom is 0.243 e. The Labute approximate surface area is 120 Å². The first-order valence-corrected chi connectivity index (χ1v) is 8.45. The number of fused-ring (bicyclic) bond motifs is 1. The second-order valence-corrected chi connectivity index (χ2v) is 6.64. The molecule has 110 valence electrons. The van der Waals surface area contributed by atoms with Gasteiger partial charge in [0.2, 0.25) is 10.0 Å². The van der Waals surface area contributed by atoms with E-state index in [1.54, 1.807) is 18.2 Å². The summed E-state index contributed by atoms with van der Waals surface area (Å²) < 4.78 is 26.4. The molecular weight excluding hydrogens is 274 g/mol. The molecule has 1 N–H and O–H groups in total. The molecule has 0 atom stereocenters. The molecule has 2 aromatic rings. The van der Waals surface area contributed by atoms with Crippen molar-refractivity contribution < 1.29 is 8.42 Å². The van der Waals surface area contributed by atoms with E-state index in [4.69, 9.17) is 0 Å². The summed E-state index contributed by atoms with van der Waals surface area (Å²) in [6.07, 6.45) is 1.87. The molecule has 0 fully saturated rings. The van der Waals surface area contributed by atoms with E-state index < -0.39 is 10.0 Å². The molecule has 2 rings (SSSR count). The first-order chi connectivity index (χ1) is 9.52. The van der Waals surface area contributed by atoms with Gasteiger partial charge in [0, 0.05) is 19.5 Å². The number of aryl methyl sites for hydroxylation is 1. The number of aromatic nitrogens is 2. The lowest BCUT2D eigenvalue weighted by molar-refractivity contribution is 0.445. The van der Waals surface area contributed by atoms with Gasteiger partial charge in [-0.3, -0.25) is 0 Å². The fraction of sp³-hybridized carbons (Fsp3) is 0.500. The zero-order chi connectivity index (χ0) is 14.8. The van der Waals surface area contributed by atoms with Crippen LogP contribution in [0.4, 0.5) is 0 Å². The van der Waals surface area contributed by atoms with Crippen molar-refractivity contribution in [2.24, 2.45) is 0 Å². The second kappa shape index (κ2) is 5.93. The predicted octanol–water partition coefficient (Wildman–Crippen LogP) is 2.55. The number of benzene rings is 1. The molecule has 1 aromatic heterocycles. The molecule has 0 aliphatic heterocycles. The van der Waals surface area contributed by atoms with Gasteiger partial charge in [0.1, 0.15) is 5.82 Å². The van der Waals surface area contributed by atoms with E-state index in [9.17, 15) is 8.42 Å². The van der Waals surface area contributed by atoms with Crippen LogP contribution in [0.2, 0.25) is 0 Å². The molecule has 0 saturated heterocycles. The molecular formula is C14H21N3O2S. The summed E-state index contributed by atoms with van der Waals surface area (Å²) in [5.41, 5.74) is 1.59. The zero-order valence-corrected chi connectivity index (χ0v) is 13.0. The number of nitrogens with one attached hydrogen (secondary N) is 1. The fourth-order valence-electron chi connectivity index (χ4n) is 2.27. The maximum atomic E-state index is 12.5. The van der Waals surface area contributed by atoms with E-state index in [1.807, 2.05) is 13.8 Å². The molecule has 0 saturated carbocycles. The summed E-state index contributed by atoms with van der Waals surface area (Å²) in [6.45, 7) is 6.72. The van der Waals surface area contributed by atoms with Crippen molar-refractivity contribution in [3.63, 3.8) is 0 Å². The molecule has 0 amide bonds. The molecule has 20 heavy (non-hydrogen) atoms. The summed E-state index contributed by atoms with van der Waals surface area (Å²) in [5.74, 6) is 0.903. The highest BCUT2D eigenvalue weighted by molar-refractivity contribution is 7.89. The number of rotatable bonds is 6. The third kappa shape index (κ3) is 2.71. The van der Waals surface area contributed by atoms with Crippen molar-refractivity contribution in [3.05, 3.63) is 24.0 Å². The van der Waals surface area contributed by atoms with Gasteiger partial charge in [0.05, 0.1) is 15.9 Å². The van der Waals surface area contributed by atoms with Gasteiger partial charge in [-0.15, -0.1) is 0 Å². The Bertz CT molecular complexity index is 688. The third-order valence-corrected chi connectivity index (χ3v) is 5.38. The monoisotopic (exact) mass is 295 g/mol. The van der Waals surface area contributed by atoms with Gasteiger partial charge in [-0.05, 0) is 24.6 Å². The molecule has 0 unspecified atom stereocenters. The summed E-state index contributed by atoms with van der Waals surface area (Å²) in [5, 5.41) is 0. The molecule has 0 radical (unpaired) electrons. The second-order valence-electron chi connectivity index (χ2n) is 4.70. The summed E-state index contributed by atoms with van der Waals surface area (Å²) in [4.78, 5) is 7.96. The van der Waals surface area contributed by atoms with E-state index >= 15 is 0 Å². The normalized spacial score (nSPS) is 12.4. The fourth-order valence-corrected chi connectivity index (χ4v) is 3.75. The Morgan fingerprint density at radius 3 is 2.50 bits per heavy atom. The number of imidazole rings is 1. The van der Waals surface area contributed by atoms with Gasteiger partial charge in [0.25, 0.3) is 0 Å². The van der Waals surface area contributed by atoms with Gasteiger partial charge in [-0.2, -0.15) is 4.31 Å². The number of hydrogen-bond acceptors (Lipinski definition) is 3. The minimum absolute atomic E-state index is 0.320. The molecule has 6 heteroatoms. The molecule has 5 nitrogen and oxygen atoms in total. The van der Waals surface area contributed by atoms with Crippen LogP contribution in [0.3, 0.4) is 0 Å². The van der Waals surface area contributed by atoms with Gasteiger partial charge < -0.3 is 4.98 Å². The van der Waals surface area contributed by atoms with Gasteiger partial charge in [0.15, 0.2) is 0 Å². The highest BCUT2D eigenvalue weighted by Gasteiger charge is 2.22. The van der Waals surface area contributed by atoms with Crippen LogP contribution in [0.5, 0.6) is 0 Å².